The number of nitrogens with zero attached hydrogens (tertiary/aromatic N) is 3. The van der Waals surface area contributed by atoms with Gasteiger partial charge in [-0.05, 0) is 32.0 Å². The second-order valence-corrected chi connectivity index (χ2v) is 4.87. The summed E-state index contributed by atoms with van der Waals surface area (Å²) in [6.45, 7) is 4.00. The lowest BCUT2D eigenvalue weighted by Crippen LogP contribution is -2.39. The van der Waals surface area contributed by atoms with Gasteiger partial charge in [-0.15, -0.1) is 0 Å². The molecule has 4 nitrogen and oxygen atoms in total. The van der Waals surface area contributed by atoms with Gasteiger partial charge in [0.25, 0.3) is 0 Å². The van der Waals surface area contributed by atoms with Crippen LogP contribution in [0, 0.1) is 18.3 Å². The van der Waals surface area contributed by atoms with Crippen molar-refractivity contribution in [2.45, 2.75) is 25.9 Å². The van der Waals surface area contributed by atoms with Crippen LogP contribution in [0.5, 0.6) is 0 Å². The predicted octanol–water partition coefficient (Wildman–Crippen LogP) is 2.24. The van der Waals surface area contributed by atoms with Gasteiger partial charge in [0.15, 0.2) is 0 Å². The number of hydrogen-bond donors (Lipinski definition) is 1. The second-order valence-electron chi connectivity index (χ2n) is 4.43. The monoisotopic (exact) mass is 248 g/mol. The summed E-state index contributed by atoms with van der Waals surface area (Å²) in [7, 11) is 0. The third kappa shape index (κ3) is 2.26. The minimum Gasteiger partial charge on any atom is -0.312 e. The largest absolute Gasteiger partial charge is 0.312 e. The molecule has 2 N–H and O–H groups in total. The van der Waals surface area contributed by atoms with Crippen LogP contribution < -0.4 is 5.73 Å². The van der Waals surface area contributed by atoms with Crippen molar-refractivity contribution in [1.29, 1.82) is 5.26 Å². The standard InChI is InChI=1S/C12H13ClN4/c1-8-10-4-3-9(13)5-11(10)16-17(8)7-12(2,15)6-14/h3-5H,7,15H2,1-2H3. The van der Waals surface area contributed by atoms with Gasteiger partial charge in [0, 0.05) is 16.1 Å². The average molecular weight is 249 g/mol. The Morgan fingerprint density at radius 2 is 2.29 bits per heavy atom. The number of nitriles is 1. The van der Waals surface area contributed by atoms with Gasteiger partial charge in [-0.25, -0.2) is 0 Å². The molecule has 0 aliphatic carbocycles. The quantitative estimate of drug-likeness (QED) is 0.886. The Balaban J connectivity index is 2.50. The van der Waals surface area contributed by atoms with E-state index in [1.54, 1.807) is 17.7 Å². The smallest absolute Gasteiger partial charge is 0.121 e. The molecular formula is C12H13ClN4. The molecule has 0 saturated heterocycles. The van der Waals surface area contributed by atoms with Crippen LogP contribution >= 0.6 is 11.6 Å². The predicted molar refractivity (Wildman–Crippen MR) is 67.7 cm³/mol. The Kier molecular flexibility index (Phi) is 2.82. The molecule has 1 aromatic heterocycles. The molecule has 5 heteroatoms. The molecule has 1 unspecified atom stereocenters. The molecule has 0 aliphatic heterocycles. The number of hydrogen-bond acceptors (Lipinski definition) is 3. The molecule has 2 rings (SSSR count). The molecule has 1 aromatic carbocycles. The topological polar surface area (TPSA) is 67.6 Å². The van der Waals surface area contributed by atoms with Crippen molar-refractivity contribution in [2.75, 3.05) is 0 Å². The van der Waals surface area contributed by atoms with Crippen molar-refractivity contribution in [3.8, 4) is 6.07 Å². The summed E-state index contributed by atoms with van der Waals surface area (Å²) in [6.07, 6.45) is 0. The summed E-state index contributed by atoms with van der Waals surface area (Å²) < 4.78 is 1.75. The van der Waals surface area contributed by atoms with Crippen LogP contribution in [-0.4, -0.2) is 15.3 Å². The van der Waals surface area contributed by atoms with Gasteiger partial charge < -0.3 is 5.73 Å². The van der Waals surface area contributed by atoms with Crippen LogP contribution in [0.25, 0.3) is 10.9 Å². The van der Waals surface area contributed by atoms with Crippen molar-refractivity contribution in [1.82, 2.24) is 9.78 Å². The molecule has 0 radical (unpaired) electrons. The van der Waals surface area contributed by atoms with Crippen molar-refractivity contribution in [3.05, 3.63) is 28.9 Å². The fraction of sp³-hybridized carbons (Fsp3) is 0.333. The highest BCUT2D eigenvalue weighted by atomic mass is 35.5. The van der Waals surface area contributed by atoms with Gasteiger partial charge in [0.2, 0.25) is 0 Å². The highest BCUT2D eigenvalue weighted by Crippen LogP contribution is 2.22. The van der Waals surface area contributed by atoms with Crippen molar-refractivity contribution in [3.63, 3.8) is 0 Å². The molecule has 88 valence electrons. The first-order valence-corrected chi connectivity index (χ1v) is 5.63. The van der Waals surface area contributed by atoms with Gasteiger partial charge in [-0.3, -0.25) is 4.68 Å². The van der Waals surface area contributed by atoms with Crippen LogP contribution in [-0.2, 0) is 6.54 Å². The van der Waals surface area contributed by atoms with Crippen molar-refractivity contribution >= 4 is 22.5 Å². The first kappa shape index (κ1) is 11.9. The molecule has 1 atom stereocenters. The number of halogens is 1. The SMILES string of the molecule is Cc1c2ccc(Cl)cc2nn1CC(C)(N)C#N. The maximum absolute atomic E-state index is 8.93. The third-order valence-corrected chi connectivity index (χ3v) is 2.93. The molecule has 17 heavy (non-hydrogen) atoms. The molecular weight excluding hydrogens is 236 g/mol. The summed E-state index contributed by atoms with van der Waals surface area (Å²) in [5, 5.41) is 15.0. The Hall–Kier alpha value is -1.57. The fourth-order valence-electron chi connectivity index (χ4n) is 1.74. The summed E-state index contributed by atoms with van der Waals surface area (Å²) in [4.78, 5) is 0. The van der Waals surface area contributed by atoms with Gasteiger partial charge in [-0.2, -0.15) is 10.4 Å². The van der Waals surface area contributed by atoms with Crippen LogP contribution in [0.1, 0.15) is 12.6 Å². The lowest BCUT2D eigenvalue weighted by molar-refractivity contribution is 0.455. The minimum atomic E-state index is -0.920. The van der Waals surface area contributed by atoms with Crippen LogP contribution in [0.15, 0.2) is 18.2 Å². The third-order valence-electron chi connectivity index (χ3n) is 2.70. The molecule has 1 heterocycles. The normalized spacial score (nSPS) is 14.5. The molecule has 0 amide bonds. The maximum atomic E-state index is 8.93. The van der Waals surface area contributed by atoms with E-state index in [1.165, 1.54) is 0 Å². The number of aryl methyl sites for hydroxylation is 1. The zero-order valence-corrected chi connectivity index (χ0v) is 10.5. The number of rotatable bonds is 2. The van der Waals surface area contributed by atoms with E-state index in [4.69, 9.17) is 22.6 Å². The van der Waals surface area contributed by atoms with E-state index >= 15 is 0 Å². The van der Waals surface area contributed by atoms with E-state index in [-0.39, 0.29) is 0 Å². The molecule has 0 aliphatic rings. The highest BCUT2D eigenvalue weighted by molar-refractivity contribution is 6.31. The van der Waals surface area contributed by atoms with Gasteiger partial charge >= 0.3 is 0 Å². The Morgan fingerprint density at radius 3 is 2.94 bits per heavy atom. The lowest BCUT2D eigenvalue weighted by atomic mass is 10.1. The van der Waals surface area contributed by atoms with Gasteiger partial charge in [-0.1, -0.05) is 11.6 Å². The van der Waals surface area contributed by atoms with E-state index in [0.29, 0.717) is 11.6 Å². The summed E-state index contributed by atoms with van der Waals surface area (Å²) in [5.41, 5.74) is 6.71. The molecule has 0 spiro atoms. The molecule has 0 saturated carbocycles. The van der Waals surface area contributed by atoms with E-state index < -0.39 is 5.54 Å². The number of benzene rings is 1. The number of nitrogens with two attached hydrogens (primary N) is 1. The Morgan fingerprint density at radius 1 is 1.59 bits per heavy atom. The minimum absolute atomic E-state index is 0.363. The summed E-state index contributed by atoms with van der Waals surface area (Å²) >= 11 is 5.91. The summed E-state index contributed by atoms with van der Waals surface area (Å²) in [5.74, 6) is 0. The highest BCUT2D eigenvalue weighted by Gasteiger charge is 2.20. The first-order chi connectivity index (χ1) is 7.93. The van der Waals surface area contributed by atoms with E-state index in [2.05, 4.69) is 11.2 Å². The van der Waals surface area contributed by atoms with E-state index in [0.717, 1.165) is 16.6 Å². The van der Waals surface area contributed by atoms with Crippen LogP contribution in [0.3, 0.4) is 0 Å². The zero-order chi connectivity index (χ0) is 12.6. The van der Waals surface area contributed by atoms with E-state index in [9.17, 15) is 0 Å². The van der Waals surface area contributed by atoms with Crippen LogP contribution in [0.2, 0.25) is 5.02 Å². The van der Waals surface area contributed by atoms with Crippen molar-refractivity contribution in [2.24, 2.45) is 5.73 Å². The second kappa shape index (κ2) is 4.02. The lowest BCUT2D eigenvalue weighted by Gasteiger charge is -2.15. The average Bonchev–Trinajstić information content (AvgIpc) is 2.55. The zero-order valence-electron chi connectivity index (χ0n) is 9.74. The number of fused-ring (bicyclic) bond motifs is 1. The maximum Gasteiger partial charge on any atom is 0.121 e. The molecule has 2 aromatic rings. The molecule has 0 bridgehead atoms. The van der Waals surface area contributed by atoms with Gasteiger partial charge in [0.1, 0.15) is 5.54 Å². The number of aromatic nitrogens is 2. The first-order valence-electron chi connectivity index (χ1n) is 5.26. The van der Waals surface area contributed by atoms with Gasteiger partial charge in [0.05, 0.1) is 18.1 Å². The van der Waals surface area contributed by atoms with E-state index in [1.807, 2.05) is 19.1 Å². The van der Waals surface area contributed by atoms with Crippen molar-refractivity contribution < 1.29 is 0 Å². The fourth-order valence-corrected chi connectivity index (χ4v) is 1.90. The molecule has 0 fully saturated rings. The summed E-state index contributed by atoms with van der Waals surface area (Å²) in [6, 6.07) is 7.63. The Bertz CT molecular complexity index is 607. The van der Waals surface area contributed by atoms with Crippen LogP contribution in [0.4, 0.5) is 0 Å². The Labute approximate surface area is 105 Å².